The topological polar surface area (TPSA) is 185 Å². The molecule has 3 aliphatic heterocycles. The Morgan fingerprint density at radius 3 is 2.42 bits per heavy atom. The van der Waals surface area contributed by atoms with Crippen molar-refractivity contribution in [1.82, 2.24) is 35.5 Å². The van der Waals surface area contributed by atoms with Crippen molar-refractivity contribution in [3.05, 3.63) is 52.2 Å². The van der Waals surface area contributed by atoms with Crippen molar-refractivity contribution in [2.24, 2.45) is 0 Å². The van der Waals surface area contributed by atoms with E-state index >= 15 is 0 Å². The molecule has 3 aliphatic rings. The van der Waals surface area contributed by atoms with Crippen LogP contribution in [0.4, 0.5) is 9.59 Å². The molecule has 0 radical (unpaired) electrons. The predicted octanol–water partition coefficient (Wildman–Crippen LogP) is -2.92. The third kappa shape index (κ3) is 6.76. The summed E-state index contributed by atoms with van der Waals surface area (Å²) in [5.41, 5.74) is 0.662. The van der Waals surface area contributed by atoms with Crippen LogP contribution < -0.4 is 45.3 Å². The number of hydrogen-bond donors (Lipinski definition) is 2. The number of aliphatic carboxylic acids is 1. The number of thioether (sulfide) groups is 2. The van der Waals surface area contributed by atoms with E-state index < -0.39 is 53.2 Å². The number of nitrogens with zero attached hydrogens (tertiary/aromatic N) is 5. The van der Waals surface area contributed by atoms with Gasteiger partial charge >= 0.3 is 41.6 Å². The summed E-state index contributed by atoms with van der Waals surface area (Å²) in [6.45, 7) is 3.01. The maximum absolute atomic E-state index is 13.5. The molecule has 0 aliphatic carbocycles. The van der Waals surface area contributed by atoms with Gasteiger partial charge in [0, 0.05) is 25.0 Å². The van der Waals surface area contributed by atoms with Crippen molar-refractivity contribution in [3.63, 3.8) is 0 Å². The summed E-state index contributed by atoms with van der Waals surface area (Å²) in [7, 11) is 0. The second-order valence-electron chi connectivity index (χ2n) is 9.41. The predicted molar refractivity (Wildman–Crippen MR) is 150 cm³/mol. The fourth-order valence-electron chi connectivity index (χ4n) is 4.67. The molecule has 4 heterocycles. The number of imide groups is 2. The molecule has 18 heteroatoms. The van der Waals surface area contributed by atoms with Crippen LogP contribution in [0.15, 0.2) is 45.9 Å². The first-order valence-electron chi connectivity index (χ1n) is 12.6. The summed E-state index contributed by atoms with van der Waals surface area (Å²) in [5.74, 6) is -2.79. The van der Waals surface area contributed by atoms with Gasteiger partial charge in [0.25, 0.3) is 5.91 Å². The standard InChI is InChI=1S/C25H25N7O7S3.Na/c1-12-28-29-24(42-12)41-11-15-10-40-21-17(20(35)32(21)18(15)22(36)37)26-19(34)16(14-6-4-3-5-7-14)27-23(38)31-9-8-30(13(2)33)25(31)39;/h3-7,16-17,21H,8-11H2,1-2H3,(H,26,34)(H,27,38)(H,36,37);/q;+1/p-1/t16?,17?,21-;/m0./s1. The van der Waals surface area contributed by atoms with Gasteiger partial charge < -0.3 is 20.5 Å². The molecular formula is C25H24N7NaO7S3. The first-order valence-corrected chi connectivity index (χ1v) is 15.5. The van der Waals surface area contributed by atoms with Crippen molar-refractivity contribution >= 4 is 70.6 Å². The van der Waals surface area contributed by atoms with Gasteiger partial charge in [-0.3, -0.25) is 24.2 Å². The van der Waals surface area contributed by atoms with Gasteiger partial charge in [-0.2, -0.15) is 0 Å². The monoisotopic (exact) mass is 653 g/mol. The Morgan fingerprint density at radius 2 is 1.81 bits per heavy atom. The molecule has 2 fully saturated rings. The van der Waals surface area contributed by atoms with Crippen LogP contribution >= 0.6 is 34.9 Å². The van der Waals surface area contributed by atoms with Gasteiger partial charge in [0.05, 0.1) is 18.2 Å². The molecule has 2 unspecified atom stereocenters. The van der Waals surface area contributed by atoms with Crippen LogP contribution in [0, 0.1) is 6.92 Å². The van der Waals surface area contributed by atoms with Gasteiger partial charge in [0.2, 0.25) is 11.8 Å². The summed E-state index contributed by atoms with van der Waals surface area (Å²) in [6, 6.07) is 4.22. The number of β-lactam (4-membered cyclic amide) rings is 1. The van der Waals surface area contributed by atoms with E-state index in [-0.39, 0.29) is 59.8 Å². The normalized spacial score (nSPS) is 20.2. The number of aryl methyl sites for hydroxylation is 1. The van der Waals surface area contributed by atoms with Crippen LogP contribution in [0.2, 0.25) is 0 Å². The van der Waals surface area contributed by atoms with E-state index in [2.05, 4.69) is 20.8 Å². The molecule has 2 aromatic rings. The third-order valence-corrected chi connectivity index (χ3v) is 10.1. The number of hydrogen-bond acceptors (Lipinski definition) is 12. The van der Waals surface area contributed by atoms with Gasteiger partial charge in [0.1, 0.15) is 22.5 Å². The van der Waals surface area contributed by atoms with Gasteiger partial charge in [-0.05, 0) is 18.1 Å². The van der Waals surface area contributed by atoms with Crippen molar-refractivity contribution < 1.29 is 63.4 Å². The van der Waals surface area contributed by atoms with E-state index in [9.17, 15) is 33.9 Å². The van der Waals surface area contributed by atoms with Crippen molar-refractivity contribution in [2.45, 2.75) is 35.6 Å². The molecular weight excluding hydrogens is 630 g/mol. The molecule has 2 saturated heterocycles. The number of carboxylic acid groups (broad SMARTS) is 1. The van der Waals surface area contributed by atoms with E-state index in [4.69, 9.17) is 0 Å². The van der Waals surface area contributed by atoms with E-state index in [0.717, 1.165) is 19.7 Å². The van der Waals surface area contributed by atoms with Gasteiger partial charge in [-0.25, -0.2) is 14.5 Å². The molecule has 220 valence electrons. The molecule has 1 aromatic carbocycles. The van der Waals surface area contributed by atoms with Crippen LogP contribution in [-0.4, -0.2) is 96.7 Å². The number of nitrogens with one attached hydrogen (secondary N) is 2. The molecule has 7 amide bonds. The van der Waals surface area contributed by atoms with Crippen LogP contribution in [0.5, 0.6) is 0 Å². The van der Waals surface area contributed by atoms with Crippen LogP contribution in [0.25, 0.3) is 0 Å². The van der Waals surface area contributed by atoms with Crippen LogP contribution in [0.3, 0.4) is 0 Å². The number of rotatable bonds is 8. The number of carbonyl (C=O) groups excluding carboxylic acids is 6. The number of carboxylic acids is 1. The largest absolute Gasteiger partial charge is 1.00 e. The summed E-state index contributed by atoms with van der Waals surface area (Å²) in [4.78, 5) is 78.8. The number of urea groups is 2. The zero-order valence-corrected chi connectivity index (χ0v) is 27.7. The summed E-state index contributed by atoms with van der Waals surface area (Å²) < 4.78 is 0.670. The van der Waals surface area contributed by atoms with E-state index in [0.29, 0.717) is 15.5 Å². The molecule has 3 atom stereocenters. The fourth-order valence-corrected chi connectivity index (χ4v) is 7.97. The zero-order valence-electron chi connectivity index (χ0n) is 23.3. The smallest absolute Gasteiger partial charge is 0.543 e. The summed E-state index contributed by atoms with van der Waals surface area (Å²) in [6.07, 6.45) is 0. The zero-order chi connectivity index (χ0) is 30.1. The second-order valence-corrected chi connectivity index (χ2v) is 12.9. The Bertz CT molecular complexity index is 1500. The second kappa shape index (κ2) is 13.8. The Hall–Kier alpha value is -2.96. The number of carbonyl (C=O) groups is 6. The number of aromatic nitrogens is 2. The van der Waals surface area contributed by atoms with Crippen LogP contribution in [-0.2, 0) is 19.2 Å². The van der Waals surface area contributed by atoms with E-state index in [1.807, 2.05) is 6.92 Å². The van der Waals surface area contributed by atoms with E-state index in [1.54, 1.807) is 30.3 Å². The molecule has 5 rings (SSSR count). The molecule has 0 spiro atoms. The molecule has 0 bridgehead atoms. The van der Waals surface area contributed by atoms with Gasteiger partial charge in [-0.15, -0.1) is 22.0 Å². The number of benzene rings is 1. The number of fused-ring (bicyclic) bond motifs is 1. The molecule has 0 saturated carbocycles. The Labute approximate surface area is 280 Å². The maximum Gasteiger partial charge on any atom is 1.00 e. The van der Waals surface area contributed by atoms with Crippen molar-refractivity contribution in [2.75, 3.05) is 24.6 Å². The van der Waals surface area contributed by atoms with Crippen LogP contribution in [0.1, 0.15) is 23.5 Å². The first kappa shape index (κ1) is 32.9. The maximum atomic E-state index is 13.5. The molecule has 2 N–H and O–H groups in total. The SMILES string of the molecule is CC(=O)N1CCN(C(=O)NC(C(=O)NC2C(=O)N3C(C(=O)[O-])=C(CSc4nnc(C)s4)CS[C@@H]23)c2ccccc2)C1=O.[Na+]. The summed E-state index contributed by atoms with van der Waals surface area (Å²) in [5, 5.41) is 25.3. The van der Waals surface area contributed by atoms with Crippen molar-refractivity contribution in [3.8, 4) is 0 Å². The number of amides is 7. The van der Waals surface area contributed by atoms with Gasteiger partial charge in [-0.1, -0.05) is 53.4 Å². The quantitative estimate of drug-likeness (QED) is 0.169. The Morgan fingerprint density at radius 1 is 1.12 bits per heavy atom. The minimum absolute atomic E-state index is 0. The first-order chi connectivity index (χ1) is 20.1. The minimum Gasteiger partial charge on any atom is -0.543 e. The average molecular weight is 654 g/mol. The third-order valence-electron chi connectivity index (χ3n) is 6.71. The summed E-state index contributed by atoms with van der Waals surface area (Å²) >= 11 is 3.99. The molecule has 1 aromatic heterocycles. The minimum atomic E-state index is -1.49. The van der Waals surface area contributed by atoms with Gasteiger partial charge in [0.15, 0.2) is 4.34 Å². The van der Waals surface area contributed by atoms with Crippen molar-refractivity contribution in [1.29, 1.82) is 0 Å². The fraction of sp³-hybridized carbons (Fsp3) is 0.360. The van der Waals surface area contributed by atoms with E-state index in [1.165, 1.54) is 41.8 Å². The Balaban J connectivity index is 0.00000423. The Kier molecular flexibility index (Phi) is 10.6. The average Bonchev–Trinajstić information content (AvgIpc) is 3.57. The molecule has 43 heavy (non-hydrogen) atoms. The molecule has 14 nitrogen and oxygen atoms in total.